The Balaban J connectivity index is 1.93. The first-order valence-electron chi connectivity index (χ1n) is 8.95. The highest BCUT2D eigenvalue weighted by atomic mass is 32.2. The number of aromatic nitrogens is 1. The van der Waals surface area contributed by atoms with Crippen LogP contribution in [0.5, 0.6) is 0 Å². The Morgan fingerprint density at radius 2 is 1.88 bits per heavy atom. The first-order chi connectivity index (χ1) is 12.4. The van der Waals surface area contributed by atoms with Crippen molar-refractivity contribution in [3.63, 3.8) is 0 Å². The molecule has 0 atom stereocenters. The van der Waals surface area contributed by atoms with Crippen LogP contribution in [0.3, 0.4) is 0 Å². The van der Waals surface area contributed by atoms with Gasteiger partial charge in [0, 0.05) is 18.0 Å². The summed E-state index contributed by atoms with van der Waals surface area (Å²) in [5.41, 5.74) is 1.72. The molecular formula is C20H24N2O3S. The molecule has 3 rings (SSSR count). The summed E-state index contributed by atoms with van der Waals surface area (Å²) >= 11 is 0. The SMILES string of the molecule is CS(=O)(=O)Cc1cccc(C(=O)n2ccccc2=NC2CCCCC2)c1. The number of carbonyl (C=O) groups excluding carboxylic acids is 1. The van der Waals surface area contributed by atoms with Crippen molar-refractivity contribution in [1.29, 1.82) is 0 Å². The summed E-state index contributed by atoms with van der Waals surface area (Å²) < 4.78 is 24.6. The molecule has 0 N–H and O–H groups in total. The van der Waals surface area contributed by atoms with Gasteiger partial charge >= 0.3 is 0 Å². The zero-order valence-corrected chi connectivity index (χ0v) is 15.8. The summed E-state index contributed by atoms with van der Waals surface area (Å²) in [6, 6.07) is 12.6. The van der Waals surface area contributed by atoms with Gasteiger partial charge in [-0.3, -0.25) is 14.4 Å². The van der Waals surface area contributed by atoms with E-state index in [4.69, 9.17) is 4.99 Å². The van der Waals surface area contributed by atoms with Gasteiger partial charge in [0.05, 0.1) is 11.8 Å². The number of hydrogen-bond acceptors (Lipinski definition) is 4. The largest absolute Gasteiger partial charge is 0.268 e. The molecule has 138 valence electrons. The number of sulfone groups is 1. The summed E-state index contributed by atoms with van der Waals surface area (Å²) in [6.45, 7) is 0. The minimum atomic E-state index is -3.15. The van der Waals surface area contributed by atoms with Crippen molar-refractivity contribution in [1.82, 2.24) is 4.57 Å². The molecule has 1 aromatic carbocycles. The zero-order chi connectivity index (χ0) is 18.6. The second-order valence-corrected chi connectivity index (χ2v) is 9.07. The lowest BCUT2D eigenvalue weighted by Gasteiger charge is -2.17. The molecule has 0 radical (unpaired) electrons. The van der Waals surface area contributed by atoms with Crippen molar-refractivity contribution in [3.05, 3.63) is 65.3 Å². The Labute approximate surface area is 154 Å². The topological polar surface area (TPSA) is 68.5 Å². The minimum Gasteiger partial charge on any atom is -0.268 e. The fraction of sp³-hybridized carbons (Fsp3) is 0.400. The Morgan fingerprint density at radius 3 is 2.62 bits per heavy atom. The van der Waals surface area contributed by atoms with Gasteiger partial charge in [0.2, 0.25) is 0 Å². The Hall–Kier alpha value is -2.21. The maximum absolute atomic E-state index is 13.0. The molecule has 0 spiro atoms. The molecule has 2 aromatic rings. The average molecular weight is 372 g/mol. The third-order valence-electron chi connectivity index (χ3n) is 4.55. The molecule has 26 heavy (non-hydrogen) atoms. The Kier molecular flexibility index (Phi) is 5.71. The smallest absolute Gasteiger partial charge is 0.263 e. The summed E-state index contributed by atoms with van der Waals surface area (Å²) in [4.78, 5) is 17.8. The van der Waals surface area contributed by atoms with Crippen LogP contribution in [0.15, 0.2) is 53.7 Å². The van der Waals surface area contributed by atoms with E-state index in [0.717, 1.165) is 12.8 Å². The molecule has 1 saturated carbocycles. The lowest BCUT2D eigenvalue weighted by atomic mass is 9.96. The molecule has 0 unspecified atom stereocenters. The molecular weight excluding hydrogens is 348 g/mol. The molecule has 0 aliphatic heterocycles. The van der Waals surface area contributed by atoms with Gasteiger partial charge in [0.15, 0.2) is 9.84 Å². The Morgan fingerprint density at radius 1 is 1.12 bits per heavy atom. The van der Waals surface area contributed by atoms with E-state index in [-0.39, 0.29) is 17.7 Å². The number of hydrogen-bond donors (Lipinski definition) is 0. The molecule has 5 nitrogen and oxygen atoms in total. The van der Waals surface area contributed by atoms with Crippen molar-refractivity contribution in [3.8, 4) is 0 Å². The first-order valence-corrected chi connectivity index (χ1v) is 11.0. The number of pyridine rings is 1. The summed E-state index contributed by atoms with van der Waals surface area (Å²) in [5.74, 6) is -0.275. The van der Waals surface area contributed by atoms with Crippen molar-refractivity contribution >= 4 is 15.7 Å². The van der Waals surface area contributed by atoms with Crippen LogP contribution < -0.4 is 5.49 Å². The van der Waals surface area contributed by atoms with E-state index in [2.05, 4.69) is 0 Å². The van der Waals surface area contributed by atoms with Crippen LogP contribution in [0.1, 0.15) is 48.0 Å². The number of benzene rings is 1. The molecule has 1 fully saturated rings. The van der Waals surface area contributed by atoms with E-state index in [1.54, 1.807) is 41.1 Å². The van der Waals surface area contributed by atoms with Crippen molar-refractivity contribution in [2.24, 2.45) is 4.99 Å². The van der Waals surface area contributed by atoms with Gasteiger partial charge in [-0.05, 0) is 42.7 Å². The maximum atomic E-state index is 13.0. The maximum Gasteiger partial charge on any atom is 0.263 e. The molecule has 1 heterocycles. The molecule has 1 aliphatic carbocycles. The molecule has 1 aliphatic rings. The van der Waals surface area contributed by atoms with E-state index in [1.165, 1.54) is 25.5 Å². The van der Waals surface area contributed by atoms with Crippen LogP contribution in [0.2, 0.25) is 0 Å². The molecule has 0 amide bonds. The zero-order valence-electron chi connectivity index (χ0n) is 15.0. The highest BCUT2D eigenvalue weighted by molar-refractivity contribution is 7.89. The minimum absolute atomic E-state index is 0.0765. The van der Waals surface area contributed by atoms with Gasteiger partial charge in [-0.15, -0.1) is 0 Å². The van der Waals surface area contributed by atoms with E-state index in [1.807, 2.05) is 12.1 Å². The van der Waals surface area contributed by atoms with Crippen LogP contribution in [0, 0.1) is 0 Å². The van der Waals surface area contributed by atoms with Crippen LogP contribution in [0.4, 0.5) is 0 Å². The summed E-state index contributed by atoms with van der Waals surface area (Å²) in [5, 5.41) is 0. The molecule has 1 aromatic heterocycles. The summed E-state index contributed by atoms with van der Waals surface area (Å²) in [7, 11) is -3.15. The normalized spacial score (nSPS) is 16.6. The first kappa shape index (κ1) is 18.6. The van der Waals surface area contributed by atoms with Crippen LogP contribution in [-0.4, -0.2) is 31.2 Å². The van der Waals surface area contributed by atoms with E-state index < -0.39 is 9.84 Å². The summed E-state index contributed by atoms with van der Waals surface area (Å²) in [6.07, 6.45) is 8.65. The van der Waals surface area contributed by atoms with Crippen molar-refractivity contribution in [2.75, 3.05) is 6.26 Å². The molecule has 0 bridgehead atoms. The molecule has 6 heteroatoms. The fourth-order valence-corrected chi connectivity index (χ4v) is 4.13. The fourth-order valence-electron chi connectivity index (χ4n) is 3.34. The van der Waals surface area contributed by atoms with E-state index in [9.17, 15) is 13.2 Å². The van der Waals surface area contributed by atoms with Crippen LogP contribution in [0.25, 0.3) is 0 Å². The van der Waals surface area contributed by atoms with Gasteiger partial charge in [0.25, 0.3) is 5.91 Å². The predicted molar refractivity (Wildman–Crippen MR) is 102 cm³/mol. The van der Waals surface area contributed by atoms with Gasteiger partial charge in [0.1, 0.15) is 5.49 Å². The van der Waals surface area contributed by atoms with Crippen LogP contribution in [-0.2, 0) is 15.6 Å². The van der Waals surface area contributed by atoms with E-state index in [0.29, 0.717) is 16.6 Å². The Bertz CT molecular complexity index is 955. The van der Waals surface area contributed by atoms with Gasteiger partial charge < -0.3 is 0 Å². The third-order valence-corrected chi connectivity index (χ3v) is 5.41. The average Bonchev–Trinajstić information content (AvgIpc) is 2.61. The van der Waals surface area contributed by atoms with Gasteiger partial charge in [-0.1, -0.05) is 37.5 Å². The highest BCUT2D eigenvalue weighted by Gasteiger charge is 2.14. The molecule has 0 saturated heterocycles. The van der Waals surface area contributed by atoms with Gasteiger partial charge in [-0.2, -0.15) is 0 Å². The van der Waals surface area contributed by atoms with Crippen molar-refractivity contribution in [2.45, 2.75) is 43.9 Å². The second-order valence-electron chi connectivity index (χ2n) is 6.93. The van der Waals surface area contributed by atoms with Crippen molar-refractivity contribution < 1.29 is 13.2 Å². The number of carbonyl (C=O) groups is 1. The monoisotopic (exact) mass is 372 g/mol. The quantitative estimate of drug-likeness (QED) is 0.829. The number of nitrogens with zero attached hydrogens (tertiary/aromatic N) is 2. The third kappa shape index (κ3) is 4.91. The van der Waals surface area contributed by atoms with Crippen LogP contribution >= 0.6 is 0 Å². The van der Waals surface area contributed by atoms with E-state index >= 15 is 0 Å². The van der Waals surface area contributed by atoms with Gasteiger partial charge in [-0.25, -0.2) is 8.42 Å². The lowest BCUT2D eigenvalue weighted by molar-refractivity contribution is 0.0954. The number of rotatable bonds is 4. The predicted octanol–water partition coefficient (Wildman–Crippen LogP) is 2.95. The second kappa shape index (κ2) is 7.99. The lowest BCUT2D eigenvalue weighted by Crippen LogP contribution is -2.29. The standard InChI is InChI=1S/C20H24N2O3S/c1-26(24,25)15-16-8-7-9-17(14-16)20(23)22-13-6-5-12-19(22)21-18-10-3-2-4-11-18/h5-9,12-14,18H,2-4,10-11,15H2,1H3. The highest BCUT2D eigenvalue weighted by Crippen LogP contribution is 2.19.